The second-order valence-electron chi connectivity index (χ2n) is 6.98. The lowest BCUT2D eigenvalue weighted by Gasteiger charge is -2.23. The molecule has 0 aliphatic rings. The molecular formula is C24H26N2O3S. The van der Waals surface area contributed by atoms with E-state index in [1.54, 1.807) is 41.3 Å². The number of para-hydroxylation sites is 2. The number of carbonyl (C=O) groups excluding carboxylic acids is 1. The predicted octanol–water partition coefficient (Wildman–Crippen LogP) is 4.96. The summed E-state index contributed by atoms with van der Waals surface area (Å²) in [6.07, 6.45) is 1.86. The molecule has 0 fully saturated rings. The average molecular weight is 423 g/mol. The van der Waals surface area contributed by atoms with Gasteiger partial charge < -0.3 is 4.90 Å². The third-order valence-electron chi connectivity index (χ3n) is 4.93. The fourth-order valence-corrected chi connectivity index (χ4v) is 4.33. The minimum absolute atomic E-state index is 0.144. The van der Waals surface area contributed by atoms with Crippen LogP contribution in [-0.4, -0.2) is 27.9 Å². The lowest BCUT2D eigenvalue weighted by Crippen LogP contribution is -2.32. The number of sulfonamides is 1. The van der Waals surface area contributed by atoms with Gasteiger partial charge in [0.2, 0.25) is 0 Å². The highest BCUT2D eigenvalue weighted by molar-refractivity contribution is 7.92. The first kappa shape index (κ1) is 21.6. The smallest absolute Gasteiger partial charge is 0.264 e. The van der Waals surface area contributed by atoms with Gasteiger partial charge in [-0.05, 0) is 55.0 Å². The number of carbonyl (C=O) groups is 1. The molecule has 30 heavy (non-hydrogen) atoms. The molecule has 3 aromatic carbocycles. The number of benzene rings is 3. The number of hydrogen-bond donors (Lipinski definition) is 0. The molecule has 156 valence electrons. The van der Waals surface area contributed by atoms with Gasteiger partial charge in [-0.25, -0.2) is 8.42 Å². The number of unbranched alkanes of at least 4 members (excludes halogenated alkanes) is 1. The van der Waals surface area contributed by atoms with Crippen LogP contribution in [0.1, 0.15) is 30.1 Å². The summed E-state index contributed by atoms with van der Waals surface area (Å²) in [6.45, 7) is 2.69. The highest BCUT2D eigenvalue weighted by Gasteiger charge is 2.23. The fraction of sp³-hybridized carbons (Fsp3) is 0.208. The molecule has 3 aromatic rings. The van der Waals surface area contributed by atoms with Gasteiger partial charge in [-0.2, -0.15) is 0 Å². The van der Waals surface area contributed by atoms with Gasteiger partial charge in [0.15, 0.2) is 0 Å². The van der Waals surface area contributed by atoms with Gasteiger partial charge in [0.05, 0.1) is 10.6 Å². The number of amides is 1. The summed E-state index contributed by atoms with van der Waals surface area (Å²) in [4.78, 5) is 15.0. The Morgan fingerprint density at radius 1 is 0.800 bits per heavy atom. The van der Waals surface area contributed by atoms with Gasteiger partial charge in [0.1, 0.15) is 0 Å². The van der Waals surface area contributed by atoms with Crippen molar-refractivity contribution in [2.24, 2.45) is 0 Å². The molecule has 0 saturated heterocycles. The number of rotatable bonds is 8. The molecule has 5 nitrogen and oxygen atoms in total. The minimum atomic E-state index is -3.71. The van der Waals surface area contributed by atoms with Crippen LogP contribution in [0.4, 0.5) is 11.4 Å². The van der Waals surface area contributed by atoms with Gasteiger partial charge >= 0.3 is 0 Å². The van der Waals surface area contributed by atoms with E-state index in [4.69, 9.17) is 0 Å². The molecule has 0 spiro atoms. The monoisotopic (exact) mass is 422 g/mol. The Kier molecular flexibility index (Phi) is 6.90. The lowest BCUT2D eigenvalue weighted by atomic mass is 10.1. The number of anilines is 2. The maximum Gasteiger partial charge on any atom is 0.264 e. The molecule has 0 atom stereocenters. The van der Waals surface area contributed by atoms with E-state index in [0.29, 0.717) is 17.8 Å². The molecule has 0 saturated carbocycles. The first-order chi connectivity index (χ1) is 14.4. The van der Waals surface area contributed by atoms with E-state index in [0.717, 1.165) is 18.5 Å². The summed E-state index contributed by atoms with van der Waals surface area (Å²) in [5.74, 6) is -0.144. The standard InChI is InChI=1S/C24H26N2O3S/c1-3-4-19-26(22-13-9-6-10-14-22)24(27)20-15-17-23(18-16-20)30(28,29)25(2)21-11-7-5-8-12-21/h5-18H,3-4,19H2,1-2H3. The van der Waals surface area contributed by atoms with Crippen LogP contribution in [0.2, 0.25) is 0 Å². The Balaban J connectivity index is 1.85. The van der Waals surface area contributed by atoms with Crippen LogP contribution in [0.25, 0.3) is 0 Å². The Labute approximate surface area is 178 Å². The summed E-state index contributed by atoms with van der Waals surface area (Å²) in [5, 5.41) is 0. The van der Waals surface area contributed by atoms with E-state index in [9.17, 15) is 13.2 Å². The summed E-state index contributed by atoms with van der Waals surface area (Å²) in [6, 6.07) is 24.5. The summed E-state index contributed by atoms with van der Waals surface area (Å²) >= 11 is 0. The fourth-order valence-electron chi connectivity index (χ4n) is 3.13. The molecule has 0 bridgehead atoms. The highest BCUT2D eigenvalue weighted by Crippen LogP contribution is 2.23. The zero-order valence-corrected chi connectivity index (χ0v) is 18.0. The van der Waals surface area contributed by atoms with Crippen LogP contribution in [-0.2, 0) is 10.0 Å². The van der Waals surface area contributed by atoms with Gasteiger partial charge in [0, 0.05) is 24.8 Å². The summed E-state index contributed by atoms with van der Waals surface area (Å²) in [5.41, 5.74) is 1.86. The second kappa shape index (κ2) is 9.59. The molecule has 0 aliphatic carbocycles. The third-order valence-corrected chi connectivity index (χ3v) is 6.73. The molecular weight excluding hydrogens is 396 g/mol. The van der Waals surface area contributed by atoms with E-state index < -0.39 is 10.0 Å². The van der Waals surface area contributed by atoms with Crippen LogP contribution in [0.5, 0.6) is 0 Å². The van der Waals surface area contributed by atoms with Crippen molar-refractivity contribution in [3.05, 3.63) is 90.5 Å². The van der Waals surface area contributed by atoms with Crippen molar-refractivity contribution in [3.8, 4) is 0 Å². The van der Waals surface area contributed by atoms with E-state index in [1.165, 1.54) is 23.5 Å². The van der Waals surface area contributed by atoms with Gasteiger partial charge in [-0.15, -0.1) is 0 Å². The van der Waals surface area contributed by atoms with Crippen molar-refractivity contribution >= 4 is 27.3 Å². The SMILES string of the molecule is CCCCN(C(=O)c1ccc(S(=O)(=O)N(C)c2ccccc2)cc1)c1ccccc1. The largest absolute Gasteiger partial charge is 0.308 e. The van der Waals surface area contributed by atoms with Crippen molar-refractivity contribution in [3.63, 3.8) is 0 Å². The van der Waals surface area contributed by atoms with E-state index in [2.05, 4.69) is 6.92 Å². The van der Waals surface area contributed by atoms with Crippen LogP contribution in [0.3, 0.4) is 0 Å². The third kappa shape index (κ3) is 4.71. The average Bonchev–Trinajstić information content (AvgIpc) is 2.80. The van der Waals surface area contributed by atoms with Crippen LogP contribution in [0.15, 0.2) is 89.8 Å². The summed E-state index contributed by atoms with van der Waals surface area (Å²) in [7, 11) is -2.19. The first-order valence-corrected chi connectivity index (χ1v) is 11.4. The van der Waals surface area contributed by atoms with Gasteiger partial charge in [-0.3, -0.25) is 9.10 Å². The zero-order valence-electron chi connectivity index (χ0n) is 17.2. The second-order valence-corrected chi connectivity index (χ2v) is 8.95. The summed E-state index contributed by atoms with van der Waals surface area (Å²) < 4.78 is 27.1. The van der Waals surface area contributed by atoms with Crippen molar-refractivity contribution in [1.29, 1.82) is 0 Å². The molecule has 0 aliphatic heterocycles. The maximum absolute atomic E-state index is 13.1. The van der Waals surface area contributed by atoms with Crippen molar-refractivity contribution in [2.45, 2.75) is 24.7 Å². The molecule has 1 amide bonds. The molecule has 0 N–H and O–H groups in total. The quantitative estimate of drug-likeness (QED) is 0.516. The molecule has 0 radical (unpaired) electrons. The number of hydrogen-bond acceptors (Lipinski definition) is 3. The highest BCUT2D eigenvalue weighted by atomic mass is 32.2. The Hall–Kier alpha value is -3.12. The zero-order chi connectivity index (χ0) is 21.6. The van der Waals surface area contributed by atoms with Gasteiger partial charge in [0.25, 0.3) is 15.9 Å². The normalized spacial score (nSPS) is 11.1. The Morgan fingerprint density at radius 2 is 1.33 bits per heavy atom. The molecule has 6 heteroatoms. The molecule has 0 aromatic heterocycles. The number of nitrogens with zero attached hydrogens (tertiary/aromatic N) is 2. The van der Waals surface area contributed by atoms with Crippen molar-refractivity contribution < 1.29 is 13.2 Å². The predicted molar refractivity (Wildman–Crippen MR) is 121 cm³/mol. The molecule has 0 heterocycles. The van der Waals surface area contributed by atoms with E-state index >= 15 is 0 Å². The van der Waals surface area contributed by atoms with Crippen LogP contribution in [0, 0.1) is 0 Å². The van der Waals surface area contributed by atoms with E-state index in [-0.39, 0.29) is 10.8 Å². The lowest BCUT2D eigenvalue weighted by molar-refractivity contribution is 0.0986. The van der Waals surface area contributed by atoms with Crippen LogP contribution >= 0.6 is 0 Å². The van der Waals surface area contributed by atoms with Crippen molar-refractivity contribution in [2.75, 3.05) is 22.8 Å². The van der Waals surface area contributed by atoms with Crippen molar-refractivity contribution in [1.82, 2.24) is 0 Å². The maximum atomic E-state index is 13.1. The Morgan fingerprint density at radius 3 is 1.87 bits per heavy atom. The topological polar surface area (TPSA) is 57.7 Å². The first-order valence-electron chi connectivity index (χ1n) is 9.96. The van der Waals surface area contributed by atoms with E-state index in [1.807, 2.05) is 36.4 Å². The van der Waals surface area contributed by atoms with Crippen LogP contribution < -0.4 is 9.21 Å². The molecule has 0 unspecified atom stereocenters. The Bertz CT molecular complexity index is 1070. The van der Waals surface area contributed by atoms with Gasteiger partial charge in [-0.1, -0.05) is 49.7 Å². The minimum Gasteiger partial charge on any atom is -0.308 e. The molecule has 3 rings (SSSR count).